The number of carbonyl (C=O) groups is 1. The molecule has 7 nitrogen and oxygen atoms in total. The summed E-state index contributed by atoms with van der Waals surface area (Å²) in [5, 5.41) is 3.77. The first-order valence-electron chi connectivity index (χ1n) is 9.89. The molecule has 0 saturated carbocycles. The van der Waals surface area contributed by atoms with Gasteiger partial charge < -0.3 is 10.2 Å². The van der Waals surface area contributed by atoms with Gasteiger partial charge in [0, 0.05) is 30.0 Å². The van der Waals surface area contributed by atoms with Crippen molar-refractivity contribution < 1.29 is 4.79 Å². The molecule has 2 aliphatic rings. The number of aliphatic imine (C=N–C) groups is 1. The normalized spacial score (nSPS) is 15.9. The average molecular weight is 423 g/mol. The van der Waals surface area contributed by atoms with Gasteiger partial charge in [0.15, 0.2) is 5.78 Å². The number of hydrogen-bond donors (Lipinski definition) is 1. The van der Waals surface area contributed by atoms with Crippen molar-refractivity contribution in [1.29, 1.82) is 0 Å². The maximum Gasteiger partial charge on any atom is 0.227 e. The zero-order chi connectivity index (χ0) is 21.1. The van der Waals surface area contributed by atoms with E-state index < -0.39 is 0 Å². The lowest BCUT2D eigenvalue weighted by atomic mass is 9.91. The van der Waals surface area contributed by atoms with Crippen molar-refractivity contribution in [2.75, 3.05) is 26.0 Å². The van der Waals surface area contributed by atoms with Crippen molar-refractivity contribution in [1.82, 2.24) is 19.9 Å². The predicted octanol–water partition coefficient (Wildman–Crippen LogP) is 3.76. The largest absolute Gasteiger partial charge is 0.323 e. The molecule has 0 spiro atoms. The molecule has 2 aromatic rings. The quantitative estimate of drug-likeness (QED) is 0.763. The van der Waals surface area contributed by atoms with Crippen molar-refractivity contribution in [3.8, 4) is 0 Å². The number of fused-ring (bicyclic) bond motifs is 2. The third kappa shape index (κ3) is 4.47. The van der Waals surface area contributed by atoms with Gasteiger partial charge in [0.1, 0.15) is 0 Å². The Hall–Kier alpha value is -2.90. The van der Waals surface area contributed by atoms with Crippen LogP contribution in [0.4, 0.5) is 11.6 Å². The van der Waals surface area contributed by atoms with Crippen LogP contribution >= 0.6 is 11.6 Å². The third-order valence-corrected chi connectivity index (χ3v) is 5.38. The summed E-state index contributed by atoms with van der Waals surface area (Å²) >= 11 is 6.51. The van der Waals surface area contributed by atoms with Gasteiger partial charge in [-0.2, -0.15) is 0 Å². The standard InChI is InChI=1S/C22H23ClN6O/c1-29(2)10-4-6-18-17(23)8-7-16-19(30)11-14-12-25-22(28-20(14)21(16)27-18)26-15-5-3-9-24-13-15/h3,5,8-9,12-13H,4,6-7,10-11H2,1-2H3,(H,25,26,28). The topological polar surface area (TPSA) is 83.4 Å². The third-order valence-electron chi connectivity index (χ3n) is 5.01. The van der Waals surface area contributed by atoms with E-state index in [2.05, 4.69) is 20.2 Å². The highest BCUT2D eigenvalue weighted by molar-refractivity contribution is 6.44. The van der Waals surface area contributed by atoms with E-state index in [1.807, 2.05) is 32.3 Å². The first-order chi connectivity index (χ1) is 14.5. The molecule has 30 heavy (non-hydrogen) atoms. The summed E-state index contributed by atoms with van der Waals surface area (Å²) in [6, 6.07) is 3.73. The van der Waals surface area contributed by atoms with E-state index in [0.29, 0.717) is 34.4 Å². The molecule has 0 amide bonds. The number of pyridine rings is 1. The Morgan fingerprint density at radius 1 is 1.27 bits per heavy atom. The molecule has 8 heteroatoms. The summed E-state index contributed by atoms with van der Waals surface area (Å²) in [7, 11) is 4.08. The molecular formula is C22H23ClN6O. The van der Waals surface area contributed by atoms with Gasteiger partial charge in [-0.05, 0) is 52.0 Å². The number of halogens is 1. The van der Waals surface area contributed by atoms with Crippen LogP contribution in [0.25, 0.3) is 5.70 Å². The monoisotopic (exact) mass is 422 g/mol. The smallest absolute Gasteiger partial charge is 0.227 e. The summed E-state index contributed by atoms with van der Waals surface area (Å²) in [6.07, 6.45) is 9.39. The number of ketones is 1. The fraction of sp³-hybridized carbons (Fsp3) is 0.318. The molecule has 0 fully saturated rings. The number of carbonyl (C=O) groups excluding carboxylic acids is 1. The van der Waals surface area contributed by atoms with Gasteiger partial charge in [-0.1, -0.05) is 17.7 Å². The van der Waals surface area contributed by atoms with Crippen LogP contribution in [0.1, 0.15) is 30.5 Å². The van der Waals surface area contributed by atoms with Crippen molar-refractivity contribution in [3.05, 3.63) is 58.7 Å². The van der Waals surface area contributed by atoms with Gasteiger partial charge >= 0.3 is 0 Å². The fourth-order valence-electron chi connectivity index (χ4n) is 3.49. The summed E-state index contributed by atoms with van der Waals surface area (Å²) in [6.45, 7) is 0.936. The van der Waals surface area contributed by atoms with E-state index in [1.54, 1.807) is 18.6 Å². The minimum Gasteiger partial charge on any atom is -0.323 e. The summed E-state index contributed by atoms with van der Waals surface area (Å²) in [4.78, 5) is 32.9. The van der Waals surface area contributed by atoms with Gasteiger partial charge in [-0.3, -0.25) is 9.78 Å². The minimum atomic E-state index is 0.0491. The number of nitrogens with one attached hydrogen (secondary N) is 1. The van der Waals surface area contributed by atoms with Crippen LogP contribution in [0.3, 0.4) is 0 Å². The maximum absolute atomic E-state index is 12.8. The molecule has 3 heterocycles. The van der Waals surface area contributed by atoms with E-state index in [4.69, 9.17) is 21.6 Å². The molecule has 0 atom stereocenters. The van der Waals surface area contributed by atoms with E-state index in [0.717, 1.165) is 36.3 Å². The van der Waals surface area contributed by atoms with Gasteiger partial charge in [-0.25, -0.2) is 15.0 Å². The Morgan fingerprint density at radius 3 is 2.90 bits per heavy atom. The number of hydrogen-bond acceptors (Lipinski definition) is 7. The second-order valence-corrected chi connectivity index (χ2v) is 7.99. The molecule has 0 saturated heterocycles. The zero-order valence-electron chi connectivity index (χ0n) is 17.0. The summed E-state index contributed by atoms with van der Waals surface area (Å²) in [5.41, 5.74) is 4.33. The molecule has 0 radical (unpaired) electrons. The molecule has 0 unspecified atom stereocenters. The van der Waals surface area contributed by atoms with E-state index in [1.165, 1.54) is 0 Å². The lowest BCUT2D eigenvalue weighted by molar-refractivity contribution is -0.115. The van der Waals surface area contributed by atoms with E-state index >= 15 is 0 Å². The Balaban J connectivity index is 1.69. The Bertz CT molecular complexity index is 1060. The van der Waals surface area contributed by atoms with Crippen molar-refractivity contribution in [2.45, 2.75) is 25.7 Å². The maximum atomic E-state index is 12.8. The molecule has 1 aliphatic heterocycles. The Labute approximate surface area is 180 Å². The molecule has 2 aromatic heterocycles. The number of nitrogens with zero attached hydrogens (tertiary/aromatic N) is 5. The number of Topliss-reactive ketones (excluding diaryl/α,β-unsaturated/α-hetero) is 1. The van der Waals surface area contributed by atoms with Gasteiger partial charge in [0.2, 0.25) is 5.95 Å². The Kier molecular flexibility index (Phi) is 6.01. The van der Waals surface area contributed by atoms with Crippen LogP contribution in [0, 0.1) is 0 Å². The number of aromatic nitrogens is 3. The summed E-state index contributed by atoms with van der Waals surface area (Å²) in [5.74, 6) is 0.490. The number of rotatable bonds is 6. The zero-order valence-corrected chi connectivity index (χ0v) is 17.8. The second kappa shape index (κ2) is 8.85. The van der Waals surface area contributed by atoms with Gasteiger partial charge in [0.05, 0.1) is 34.0 Å². The molecule has 0 aromatic carbocycles. The van der Waals surface area contributed by atoms with Crippen molar-refractivity contribution in [2.24, 2.45) is 4.99 Å². The highest BCUT2D eigenvalue weighted by Gasteiger charge is 2.29. The number of allylic oxidation sites excluding steroid dienone is 3. The van der Waals surface area contributed by atoms with Crippen LogP contribution < -0.4 is 5.32 Å². The molecule has 1 N–H and O–H groups in total. The lowest BCUT2D eigenvalue weighted by Gasteiger charge is -2.19. The minimum absolute atomic E-state index is 0.0491. The average Bonchev–Trinajstić information content (AvgIpc) is 2.89. The van der Waals surface area contributed by atoms with Crippen LogP contribution in [-0.2, 0) is 11.2 Å². The van der Waals surface area contributed by atoms with Crippen LogP contribution in [0.15, 0.2) is 52.4 Å². The van der Waals surface area contributed by atoms with Crippen LogP contribution in [0.2, 0.25) is 0 Å². The second-order valence-electron chi connectivity index (χ2n) is 7.58. The molecule has 0 bridgehead atoms. The van der Waals surface area contributed by atoms with Crippen molar-refractivity contribution in [3.63, 3.8) is 0 Å². The van der Waals surface area contributed by atoms with Gasteiger partial charge in [0.25, 0.3) is 0 Å². The Morgan fingerprint density at radius 2 is 2.13 bits per heavy atom. The fourth-order valence-corrected chi connectivity index (χ4v) is 3.70. The van der Waals surface area contributed by atoms with Crippen LogP contribution in [0.5, 0.6) is 0 Å². The summed E-state index contributed by atoms with van der Waals surface area (Å²) < 4.78 is 0. The highest BCUT2D eigenvalue weighted by Crippen LogP contribution is 2.35. The van der Waals surface area contributed by atoms with E-state index in [9.17, 15) is 4.79 Å². The molecule has 4 rings (SSSR count). The van der Waals surface area contributed by atoms with Crippen LogP contribution in [-0.4, -0.2) is 52.0 Å². The highest BCUT2D eigenvalue weighted by atomic mass is 35.5. The first kappa shape index (κ1) is 20.4. The van der Waals surface area contributed by atoms with Gasteiger partial charge in [-0.15, -0.1) is 0 Å². The van der Waals surface area contributed by atoms with Crippen molar-refractivity contribution >= 4 is 40.4 Å². The molecule has 154 valence electrons. The lowest BCUT2D eigenvalue weighted by Crippen LogP contribution is -2.18. The first-order valence-corrected chi connectivity index (χ1v) is 10.3. The SMILES string of the molecule is CN(C)CCCC1=NC2=C(CC=C1Cl)C(=O)Cc1cnc(Nc3cccnc3)nc12. The number of anilines is 2. The molecule has 1 aliphatic carbocycles. The molecular weight excluding hydrogens is 400 g/mol. The van der Waals surface area contributed by atoms with E-state index in [-0.39, 0.29) is 12.2 Å². The predicted molar refractivity (Wildman–Crippen MR) is 119 cm³/mol.